The van der Waals surface area contributed by atoms with Crippen LogP contribution < -0.4 is 11.2 Å². The van der Waals surface area contributed by atoms with Crippen LogP contribution in [0.3, 0.4) is 0 Å². The monoisotopic (exact) mass is 330 g/mol. The van der Waals surface area contributed by atoms with Gasteiger partial charge in [0.25, 0.3) is 5.56 Å². The molecule has 0 aromatic carbocycles. The van der Waals surface area contributed by atoms with Gasteiger partial charge in [-0.05, 0) is 18.9 Å². The molecule has 126 valence electrons. The van der Waals surface area contributed by atoms with Crippen molar-refractivity contribution in [3.63, 3.8) is 0 Å². The van der Waals surface area contributed by atoms with Gasteiger partial charge in [-0.2, -0.15) is 0 Å². The van der Waals surface area contributed by atoms with Crippen LogP contribution in [0.4, 0.5) is 0 Å². The summed E-state index contributed by atoms with van der Waals surface area (Å²) < 4.78 is 9.43. The summed E-state index contributed by atoms with van der Waals surface area (Å²) in [6.45, 7) is 4.53. The molecule has 0 aliphatic rings. The molecular weight excluding hydrogens is 312 g/mol. The van der Waals surface area contributed by atoms with Crippen molar-refractivity contribution < 1.29 is 9.21 Å². The lowest BCUT2D eigenvalue weighted by Crippen LogP contribution is -2.40. The highest BCUT2D eigenvalue weighted by Gasteiger charge is 2.22. The van der Waals surface area contributed by atoms with E-state index in [9.17, 15) is 14.4 Å². The quantitative estimate of drug-likeness (QED) is 0.640. The van der Waals surface area contributed by atoms with Gasteiger partial charge in [0.15, 0.2) is 23.3 Å². The standard InChI is InChI=1S/C16H18N4O4/c1-3-7-18-14-13(15(22)19(8-4-2)16(18)23)17-11(10-21)20(14)12-6-5-9-24-12/h5-6,9-10H,3-4,7-8H2,1-2H3. The third kappa shape index (κ3) is 2.31. The molecule has 3 rings (SSSR count). The van der Waals surface area contributed by atoms with Crippen LogP contribution in [0, 0.1) is 0 Å². The average molecular weight is 330 g/mol. The molecule has 8 nitrogen and oxygen atoms in total. The molecular formula is C16H18N4O4. The Bertz CT molecular complexity index is 992. The van der Waals surface area contributed by atoms with Gasteiger partial charge < -0.3 is 4.42 Å². The lowest BCUT2D eigenvalue weighted by atomic mass is 10.4. The lowest BCUT2D eigenvalue weighted by Gasteiger charge is -2.12. The molecule has 0 amide bonds. The number of hydrogen-bond donors (Lipinski definition) is 0. The smallest absolute Gasteiger partial charge is 0.332 e. The highest BCUT2D eigenvalue weighted by atomic mass is 16.3. The zero-order valence-electron chi connectivity index (χ0n) is 13.6. The van der Waals surface area contributed by atoms with Crippen molar-refractivity contribution in [1.82, 2.24) is 18.7 Å². The zero-order chi connectivity index (χ0) is 17.3. The molecule has 0 atom stereocenters. The molecule has 0 aliphatic heterocycles. The molecule has 0 N–H and O–H groups in total. The third-order valence-electron chi connectivity index (χ3n) is 3.77. The maximum atomic E-state index is 12.8. The molecule has 0 bridgehead atoms. The first-order valence-electron chi connectivity index (χ1n) is 7.89. The van der Waals surface area contributed by atoms with E-state index in [0.29, 0.717) is 38.1 Å². The molecule has 3 aromatic heterocycles. The van der Waals surface area contributed by atoms with E-state index in [2.05, 4.69) is 4.98 Å². The number of rotatable bonds is 6. The molecule has 0 saturated heterocycles. The summed E-state index contributed by atoms with van der Waals surface area (Å²) in [6, 6.07) is 3.31. The first-order valence-corrected chi connectivity index (χ1v) is 7.89. The Hall–Kier alpha value is -2.90. The van der Waals surface area contributed by atoms with Crippen molar-refractivity contribution in [3.8, 4) is 5.88 Å². The van der Waals surface area contributed by atoms with E-state index < -0.39 is 11.2 Å². The van der Waals surface area contributed by atoms with Gasteiger partial charge in [0.05, 0.1) is 6.26 Å². The van der Waals surface area contributed by atoms with Crippen molar-refractivity contribution in [2.75, 3.05) is 0 Å². The summed E-state index contributed by atoms with van der Waals surface area (Å²) >= 11 is 0. The van der Waals surface area contributed by atoms with Crippen LogP contribution in [0.5, 0.6) is 0 Å². The van der Waals surface area contributed by atoms with Gasteiger partial charge in [-0.25, -0.2) is 14.3 Å². The van der Waals surface area contributed by atoms with Gasteiger partial charge in [-0.15, -0.1) is 0 Å². The number of fused-ring (bicyclic) bond motifs is 1. The number of carbonyl (C=O) groups is 1. The fourth-order valence-electron chi connectivity index (χ4n) is 2.81. The van der Waals surface area contributed by atoms with Crippen LogP contribution in [0.15, 0.2) is 32.4 Å². The number of aldehydes is 1. The van der Waals surface area contributed by atoms with E-state index >= 15 is 0 Å². The molecule has 24 heavy (non-hydrogen) atoms. The van der Waals surface area contributed by atoms with Crippen molar-refractivity contribution in [3.05, 3.63) is 45.1 Å². The number of aromatic nitrogens is 4. The number of imidazole rings is 1. The largest absolute Gasteiger partial charge is 0.448 e. The highest BCUT2D eigenvalue weighted by molar-refractivity contribution is 5.82. The fraction of sp³-hybridized carbons (Fsp3) is 0.375. The van der Waals surface area contributed by atoms with Crippen LogP contribution in [0.25, 0.3) is 17.0 Å². The average Bonchev–Trinajstić information content (AvgIpc) is 3.22. The normalized spacial score (nSPS) is 11.2. The Kier molecular flexibility index (Phi) is 4.20. The van der Waals surface area contributed by atoms with E-state index in [4.69, 9.17) is 4.42 Å². The summed E-state index contributed by atoms with van der Waals surface area (Å²) in [6.07, 6.45) is 3.34. The Balaban J connectivity index is 2.51. The number of carbonyl (C=O) groups excluding carboxylic acids is 1. The molecule has 8 heteroatoms. The van der Waals surface area contributed by atoms with Crippen molar-refractivity contribution in [2.24, 2.45) is 0 Å². The van der Waals surface area contributed by atoms with Crippen LogP contribution >= 0.6 is 0 Å². The highest BCUT2D eigenvalue weighted by Crippen LogP contribution is 2.18. The van der Waals surface area contributed by atoms with Gasteiger partial charge in [-0.1, -0.05) is 13.8 Å². The van der Waals surface area contributed by atoms with E-state index in [0.717, 1.165) is 0 Å². The second kappa shape index (κ2) is 6.31. The molecule has 0 spiro atoms. The van der Waals surface area contributed by atoms with E-state index in [-0.39, 0.29) is 17.0 Å². The Morgan fingerprint density at radius 3 is 2.46 bits per heavy atom. The van der Waals surface area contributed by atoms with Crippen molar-refractivity contribution in [2.45, 2.75) is 39.8 Å². The zero-order valence-corrected chi connectivity index (χ0v) is 13.6. The second-order valence-corrected chi connectivity index (χ2v) is 5.44. The molecule has 0 unspecified atom stereocenters. The minimum Gasteiger partial charge on any atom is -0.448 e. The van der Waals surface area contributed by atoms with Crippen LogP contribution in [0.1, 0.15) is 37.3 Å². The first kappa shape index (κ1) is 16.0. The van der Waals surface area contributed by atoms with E-state index in [1.807, 2.05) is 13.8 Å². The minimum atomic E-state index is -0.488. The van der Waals surface area contributed by atoms with Gasteiger partial charge in [0, 0.05) is 19.2 Å². The topological polar surface area (TPSA) is 92.0 Å². The van der Waals surface area contributed by atoms with Gasteiger partial charge in [-0.3, -0.25) is 18.7 Å². The van der Waals surface area contributed by atoms with Crippen LogP contribution in [0.2, 0.25) is 0 Å². The number of nitrogens with zero attached hydrogens (tertiary/aromatic N) is 4. The van der Waals surface area contributed by atoms with Crippen molar-refractivity contribution >= 4 is 17.5 Å². The third-order valence-corrected chi connectivity index (χ3v) is 3.77. The predicted molar refractivity (Wildman–Crippen MR) is 87.8 cm³/mol. The fourth-order valence-corrected chi connectivity index (χ4v) is 2.81. The van der Waals surface area contributed by atoms with Gasteiger partial charge in [0.1, 0.15) is 0 Å². The summed E-state index contributed by atoms with van der Waals surface area (Å²) in [4.78, 5) is 41.0. The molecule has 0 saturated carbocycles. The van der Waals surface area contributed by atoms with Crippen LogP contribution in [-0.4, -0.2) is 25.0 Å². The molecule has 0 aliphatic carbocycles. The van der Waals surface area contributed by atoms with Gasteiger partial charge >= 0.3 is 5.69 Å². The predicted octanol–water partition coefficient (Wildman–Crippen LogP) is 1.57. The maximum Gasteiger partial charge on any atom is 0.332 e. The SMILES string of the molecule is CCCn1c(=O)c2nc(C=O)n(-c3ccco3)c2n(CCC)c1=O. The Morgan fingerprint density at radius 1 is 1.17 bits per heavy atom. The molecule has 0 fully saturated rings. The first-order chi connectivity index (χ1) is 11.6. The molecule has 0 radical (unpaired) electrons. The Labute approximate surface area is 137 Å². The maximum absolute atomic E-state index is 12.8. The summed E-state index contributed by atoms with van der Waals surface area (Å²) in [5.74, 6) is 0.354. The molecule has 3 heterocycles. The summed E-state index contributed by atoms with van der Waals surface area (Å²) in [7, 11) is 0. The van der Waals surface area contributed by atoms with Crippen molar-refractivity contribution in [1.29, 1.82) is 0 Å². The summed E-state index contributed by atoms with van der Waals surface area (Å²) in [5, 5.41) is 0. The Morgan fingerprint density at radius 2 is 1.88 bits per heavy atom. The van der Waals surface area contributed by atoms with E-state index in [1.54, 1.807) is 12.1 Å². The van der Waals surface area contributed by atoms with Crippen LogP contribution in [-0.2, 0) is 13.1 Å². The van der Waals surface area contributed by atoms with Gasteiger partial charge in [0.2, 0.25) is 5.88 Å². The lowest BCUT2D eigenvalue weighted by molar-refractivity contribution is 0.111. The molecule has 3 aromatic rings. The number of aryl methyl sites for hydroxylation is 1. The second-order valence-electron chi connectivity index (χ2n) is 5.44. The van der Waals surface area contributed by atoms with E-state index in [1.165, 1.54) is 20.0 Å². The number of furan rings is 1. The number of hydrogen-bond acceptors (Lipinski definition) is 5. The minimum absolute atomic E-state index is 0.0237. The summed E-state index contributed by atoms with van der Waals surface area (Å²) in [5.41, 5.74) is -0.509.